The third-order valence-electron chi connectivity index (χ3n) is 1.86. The summed E-state index contributed by atoms with van der Waals surface area (Å²) < 4.78 is 0. The number of carbonyl (C=O) groups excluding carboxylic acids is 2. The van der Waals surface area contributed by atoms with Crippen LogP contribution in [0.25, 0.3) is 0 Å². The molecule has 0 atom stereocenters. The first-order valence-corrected chi connectivity index (χ1v) is 4.63. The fraction of sp³-hybridized carbons (Fsp3) is 0.778. The Bertz CT molecular complexity index is 204. The van der Waals surface area contributed by atoms with Crippen molar-refractivity contribution < 1.29 is 9.59 Å². The van der Waals surface area contributed by atoms with Crippen molar-refractivity contribution in [3.8, 4) is 0 Å². The van der Waals surface area contributed by atoms with E-state index in [0.717, 1.165) is 17.9 Å². The molecule has 0 fully saturated rings. The molecule has 5 nitrogen and oxygen atoms in total. The molecule has 1 N–H and O–H groups in total. The second-order valence-corrected chi connectivity index (χ2v) is 3.34. The molecule has 0 saturated carbocycles. The summed E-state index contributed by atoms with van der Waals surface area (Å²) in [6.45, 7) is 0.787. The number of hydrogen-bond acceptors (Lipinski definition) is 3. The van der Waals surface area contributed by atoms with Gasteiger partial charge in [0.15, 0.2) is 0 Å². The molecular formula is C9H19N3O2. The van der Waals surface area contributed by atoms with Gasteiger partial charge < -0.3 is 10.2 Å². The van der Waals surface area contributed by atoms with E-state index in [1.165, 1.54) is 11.9 Å². The Hall–Kier alpha value is -1.10. The van der Waals surface area contributed by atoms with Crippen molar-refractivity contribution in [1.82, 2.24) is 15.1 Å². The lowest BCUT2D eigenvalue weighted by Gasteiger charge is -2.19. The quantitative estimate of drug-likeness (QED) is 0.658. The first-order chi connectivity index (χ1) is 6.50. The molecule has 0 rings (SSSR count). The predicted octanol–water partition coefficient (Wildman–Crippen LogP) is 0.126. The highest BCUT2D eigenvalue weighted by Gasteiger charge is 2.17. The second kappa shape index (κ2) is 6.37. The standard InChI is InChI=1S/C9H19N3O2/c1-10-7-5-6-8(13)12(4)9(14)11(2)3/h10H,5-7H2,1-4H3. The van der Waals surface area contributed by atoms with E-state index in [-0.39, 0.29) is 11.9 Å². The molecule has 0 bridgehead atoms. The number of hydrogen-bond donors (Lipinski definition) is 1. The molecule has 0 aliphatic carbocycles. The number of carbonyl (C=O) groups is 2. The van der Waals surface area contributed by atoms with Crippen molar-refractivity contribution in [2.45, 2.75) is 12.8 Å². The molecule has 0 saturated heterocycles. The van der Waals surface area contributed by atoms with Gasteiger partial charge in [0.25, 0.3) is 0 Å². The molecule has 3 amide bonds. The fourth-order valence-corrected chi connectivity index (χ4v) is 0.991. The van der Waals surface area contributed by atoms with Gasteiger partial charge >= 0.3 is 6.03 Å². The topological polar surface area (TPSA) is 52.7 Å². The van der Waals surface area contributed by atoms with Crippen molar-refractivity contribution in [3.63, 3.8) is 0 Å². The number of nitrogens with zero attached hydrogens (tertiary/aromatic N) is 2. The van der Waals surface area contributed by atoms with Gasteiger partial charge in [-0.25, -0.2) is 4.79 Å². The number of rotatable bonds is 4. The van der Waals surface area contributed by atoms with E-state index in [9.17, 15) is 9.59 Å². The Labute approximate surface area is 85.1 Å². The van der Waals surface area contributed by atoms with Crippen LogP contribution in [0, 0.1) is 0 Å². The average Bonchev–Trinajstić information content (AvgIpc) is 2.15. The van der Waals surface area contributed by atoms with E-state index >= 15 is 0 Å². The smallest absolute Gasteiger partial charge is 0.325 e. The molecule has 5 heteroatoms. The van der Waals surface area contributed by atoms with Crippen LogP contribution in [-0.2, 0) is 4.79 Å². The first kappa shape index (κ1) is 12.9. The zero-order chi connectivity index (χ0) is 11.1. The fourth-order valence-electron chi connectivity index (χ4n) is 0.991. The van der Waals surface area contributed by atoms with Crippen LogP contribution in [0.1, 0.15) is 12.8 Å². The van der Waals surface area contributed by atoms with E-state index in [4.69, 9.17) is 0 Å². The maximum absolute atomic E-state index is 11.4. The minimum atomic E-state index is -0.278. The van der Waals surface area contributed by atoms with Gasteiger partial charge in [0.1, 0.15) is 0 Å². The molecule has 0 heterocycles. The Balaban J connectivity index is 3.93. The van der Waals surface area contributed by atoms with E-state index in [0.29, 0.717) is 6.42 Å². The molecule has 0 aromatic carbocycles. The van der Waals surface area contributed by atoms with Crippen LogP contribution >= 0.6 is 0 Å². The van der Waals surface area contributed by atoms with Crippen molar-refractivity contribution in [2.75, 3.05) is 34.7 Å². The van der Waals surface area contributed by atoms with Gasteiger partial charge in [0.05, 0.1) is 0 Å². The van der Waals surface area contributed by atoms with Crippen LogP contribution in [0.5, 0.6) is 0 Å². The van der Waals surface area contributed by atoms with Gasteiger partial charge in [-0.1, -0.05) is 0 Å². The zero-order valence-corrected chi connectivity index (χ0v) is 9.33. The number of imide groups is 1. The van der Waals surface area contributed by atoms with Crippen LogP contribution in [-0.4, -0.2) is 56.5 Å². The highest BCUT2D eigenvalue weighted by molar-refractivity contribution is 5.93. The van der Waals surface area contributed by atoms with Crippen LogP contribution in [0.15, 0.2) is 0 Å². The Morgan fingerprint density at radius 1 is 1.21 bits per heavy atom. The van der Waals surface area contributed by atoms with Crippen molar-refractivity contribution in [1.29, 1.82) is 0 Å². The average molecular weight is 201 g/mol. The van der Waals surface area contributed by atoms with Gasteiger partial charge in [0.2, 0.25) is 5.91 Å². The summed E-state index contributed by atoms with van der Waals surface area (Å²) in [5.74, 6) is -0.140. The molecule has 14 heavy (non-hydrogen) atoms. The summed E-state index contributed by atoms with van der Waals surface area (Å²) >= 11 is 0. The Kier molecular flexibility index (Phi) is 5.87. The maximum Gasteiger partial charge on any atom is 0.325 e. The van der Waals surface area contributed by atoms with Crippen LogP contribution in [0.2, 0.25) is 0 Å². The minimum Gasteiger partial charge on any atom is -0.330 e. The lowest BCUT2D eigenvalue weighted by atomic mass is 10.3. The molecule has 0 aliphatic rings. The predicted molar refractivity (Wildman–Crippen MR) is 55.0 cm³/mol. The maximum atomic E-state index is 11.4. The second-order valence-electron chi connectivity index (χ2n) is 3.34. The van der Waals surface area contributed by atoms with E-state index in [1.54, 1.807) is 14.1 Å². The highest BCUT2D eigenvalue weighted by Crippen LogP contribution is 1.97. The van der Waals surface area contributed by atoms with Crippen LogP contribution in [0.3, 0.4) is 0 Å². The lowest BCUT2D eigenvalue weighted by molar-refractivity contribution is -0.127. The summed E-state index contributed by atoms with van der Waals surface area (Å²) in [7, 11) is 6.59. The molecule has 0 aromatic rings. The molecule has 0 spiro atoms. The van der Waals surface area contributed by atoms with Gasteiger partial charge in [-0.2, -0.15) is 0 Å². The molecule has 0 aliphatic heterocycles. The summed E-state index contributed by atoms with van der Waals surface area (Å²) in [6, 6.07) is -0.278. The summed E-state index contributed by atoms with van der Waals surface area (Å²) in [4.78, 5) is 25.3. The number of amides is 3. The van der Waals surface area contributed by atoms with Gasteiger partial charge in [0, 0.05) is 27.6 Å². The minimum absolute atomic E-state index is 0.140. The SMILES string of the molecule is CNCCCC(=O)N(C)C(=O)N(C)C. The van der Waals surface area contributed by atoms with Crippen molar-refractivity contribution in [2.24, 2.45) is 0 Å². The summed E-state index contributed by atoms with van der Waals surface area (Å²) in [6.07, 6.45) is 1.15. The van der Waals surface area contributed by atoms with Gasteiger partial charge in [-0.15, -0.1) is 0 Å². The van der Waals surface area contributed by atoms with E-state index < -0.39 is 0 Å². The zero-order valence-electron chi connectivity index (χ0n) is 9.33. The Morgan fingerprint density at radius 2 is 1.79 bits per heavy atom. The summed E-state index contributed by atoms with van der Waals surface area (Å²) in [5.41, 5.74) is 0. The van der Waals surface area contributed by atoms with Gasteiger partial charge in [-0.3, -0.25) is 9.69 Å². The third-order valence-corrected chi connectivity index (χ3v) is 1.86. The summed E-state index contributed by atoms with van der Waals surface area (Å²) in [5, 5.41) is 2.95. The largest absolute Gasteiger partial charge is 0.330 e. The lowest BCUT2D eigenvalue weighted by Crippen LogP contribution is -2.40. The van der Waals surface area contributed by atoms with Crippen LogP contribution in [0.4, 0.5) is 4.79 Å². The molecule has 82 valence electrons. The van der Waals surface area contributed by atoms with Crippen LogP contribution < -0.4 is 5.32 Å². The normalized spacial score (nSPS) is 9.71. The molecule has 0 unspecified atom stereocenters. The Morgan fingerprint density at radius 3 is 2.21 bits per heavy atom. The van der Waals surface area contributed by atoms with Gasteiger partial charge in [-0.05, 0) is 20.0 Å². The van der Waals surface area contributed by atoms with E-state index in [1.807, 2.05) is 7.05 Å². The monoisotopic (exact) mass is 201 g/mol. The molecular weight excluding hydrogens is 182 g/mol. The third kappa shape index (κ3) is 4.23. The molecule has 0 radical (unpaired) electrons. The molecule has 0 aromatic heterocycles. The number of nitrogens with one attached hydrogen (secondary N) is 1. The van der Waals surface area contributed by atoms with Crippen molar-refractivity contribution in [3.05, 3.63) is 0 Å². The van der Waals surface area contributed by atoms with E-state index in [2.05, 4.69) is 5.32 Å². The first-order valence-electron chi connectivity index (χ1n) is 4.63. The highest BCUT2D eigenvalue weighted by atomic mass is 16.2. The number of urea groups is 1. The van der Waals surface area contributed by atoms with Crippen molar-refractivity contribution >= 4 is 11.9 Å².